The molecular formula is C14H15N3O3. The summed E-state index contributed by atoms with van der Waals surface area (Å²) in [6.45, 7) is 0.647. The van der Waals surface area contributed by atoms with Gasteiger partial charge in [-0.25, -0.2) is 4.79 Å². The van der Waals surface area contributed by atoms with E-state index < -0.39 is 12.1 Å². The van der Waals surface area contributed by atoms with E-state index in [0.29, 0.717) is 13.0 Å². The van der Waals surface area contributed by atoms with Crippen LogP contribution in [0.5, 0.6) is 0 Å². The van der Waals surface area contributed by atoms with Gasteiger partial charge in [-0.15, -0.1) is 0 Å². The molecule has 6 nitrogen and oxygen atoms in total. The third-order valence-corrected chi connectivity index (χ3v) is 3.21. The molecule has 0 unspecified atom stereocenters. The number of hydrogen-bond donors (Lipinski definition) is 0. The highest BCUT2D eigenvalue weighted by molar-refractivity contribution is 6.28. The lowest BCUT2D eigenvalue weighted by molar-refractivity contribution is -0.119. The van der Waals surface area contributed by atoms with Crippen molar-refractivity contribution in [3.8, 4) is 0 Å². The largest absolute Gasteiger partial charge is 0.445 e. The first-order chi connectivity index (χ1) is 9.72. The molecule has 1 atom stereocenters. The van der Waals surface area contributed by atoms with Gasteiger partial charge >= 0.3 is 12.3 Å². The summed E-state index contributed by atoms with van der Waals surface area (Å²) in [5.74, 6) is -0.387. The summed E-state index contributed by atoms with van der Waals surface area (Å²) >= 11 is 0. The molecule has 0 N–H and O–H groups in total. The van der Waals surface area contributed by atoms with Gasteiger partial charge in [-0.2, -0.15) is 4.79 Å². The predicted molar refractivity (Wildman–Crippen MR) is 71.0 cm³/mol. The molecule has 1 heterocycles. The summed E-state index contributed by atoms with van der Waals surface area (Å²) in [7, 11) is 0. The van der Waals surface area contributed by atoms with Crippen LogP contribution in [0.4, 0.5) is 4.79 Å². The molecule has 1 saturated heterocycles. The first kappa shape index (κ1) is 14.0. The van der Waals surface area contributed by atoms with Gasteiger partial charge in [0.1, 0.15) is 12.6 Å². The second-order valence-electron chi connectivity index (χ2n) is 4.54. The molecule has 1 aromatic rings. The lowest BCUT2D eigenvalue weighted by Gasteiger charge is -2.20. The monoisotopic (exact) mass is 273 g/mol. The minimum atomic E-state index is -0.589. The number of benzene rings is 1. The molecule has 1 fully saturated rings. The normalized spacial score (nSPS) is 17.4. The van der Waals surface area contributed by atoms with Crippen LogP contribution in [0.1, 0.15) is 18.4 Å². The van der Waals surface area contributed by atoms with Crippen LogP contribution >= 0.6 is 0 Å². The van der Waals surface area contributed by atoms with Gasteiger partial charge in [0.15, 0.2) is 0 Å². The second-order valence-corrected chi connectivity index (χ2v) is 4.54. The Hall–Kier alpha value is -2.46. The number of rotatable bonds is 4. The van der Waals surface area contributed by atoms with Crippen LogP contribution in [0.2, 0.25) is 0 Å². The van der Waals surface area contributed by atoms with E-state index in [9.17, 15) is 9.59 Å². The summed E-state index contributed by atoms with van der Waals surface area (Å²) in [6.07, 6.45) is 1.60. The van der Waals surface area contributed by atoms with Crippen LogP contribution in [0, 0.1) is 0 Å². The van der Waals surface area contributed by atoms with Gasteiger partial charge < -0.3 is 10.3 Å². The van der Waals surface area contributed by atoms with Crippen LogP contribution in [-0.2, 0) is 16.1 Å². The molecule has 1 aliphatic heterocycles. The third-order valence-electron chi connectivity index (χ3n) is 3.21. The molecule has 0 saturated carbocycles. The third kappa shape index (κ3) is 3.30. The predicted octanol–water partition coefficient (Wildman–Crippen LogP) is 1.66. The maximum atomic E-state index is 12.0. The fourth-order valence-electron chi connectivity index (χ4n) is 2.23. The van der Waals surface area contributed by atoms with Crippen LogP contribution in [0.25, 0.3) is 5.53 Å². The van der Waals surface area contributed by atoms with Gasteiger partial charge in [-0.1, -0.05) is 30.3 Å². The Morgan fingerprint density at radius 3 is 2.85 bits per heavy atom. The van der Waals surface area contributed by atoms with Crippen molar-refractivity contribution in [2.45, 2.75) is 25.5 Å². The van der Waals surface area contributed by atoms with Gasteiger partial charge in [0.25, 0.3) is 5.78 Å². The number of carbonyl (C=O) groups excluding carboxylic acids is 2. The van der Waals surface area contributed by atoms with E-state index in [2.05, 4.69) is 4.79 Å². The van der Waals surface area contributed by atoms with Crippen molar-refractivity contribution >= 4 is 18.1 Å². The van der Waals surface area contributed by atoms with Crippen LogP contribution < -0.4 is 0 Å². The molecule has 2 rings (SSSR count). The minimum absolute atomic E-state index is 0.172. The van der Waals surface area contributed by atoms with Crippen LogP contribution in [0.3, 0.4) is 0 Å². The number of ketones is 1. The molecule has 1 amide bonds. The maximum Gasteiger partial charge on any atom is 0.410 e. The fourth-order valence-corrected chi connectivity index (χ4v) is 2.23. The van der Waals surface area contributed by atoms with Gasteiger partial charge in [0.05, 0.1) is 0 Å². The molecule has 1 aromatic carbocycles. The van der Waals surface area contributed by atoms with Crippen molar-refractivity contribution in [2.24, 2.45) is 0 Å². The highest BCUT2D eigenvalue weighted by atomic mass is 16.6. The average Bonchev–Trinajstić information content (AvgIpc) is 2.96. The van der Waals surface area contributed by atoms with E-state index in [1.54, 1.807) is 0 Å². The van der Waals surface area contributed by atoms with Gasteiger partial charge in [-0.05, 0) is 18.4 Å². The molecule has 6 heteroatoms. The number of likely N-dealkylation sites (tertiary alicyclic amines) is 1. The Kier molecular flexibility index (Phi) is 4.63. The molecular weight excluding hydrogens is 258 g/mol. The maximum absolute atomic E-state index is 12.0. The lowest BCUT2D eigenvalue weighted by atomic mass is 10.1. The topological polar surface area (TPSA) is 83.0 Å². The first-order valence-electron chi connectivity index (χ1n) is 6.41. The number of carbonyl (C=O) groups is 2. The smallest absolute Gasteiger partial charge is 0.410 e. The summed E-state index contributed by atoms with van der Waals surface area (Å²) < 4.78 is 5.20. The lowest BCUT2D eigenvalue weighted by Crippen LogP contribution is -2.41. The Morgan fingerprint density at radius 2 is 2.15 bits per heavy atom. The molecule has 0 radical (unpaired) electrons. The molecule has 0 aliphatic carbocycles. The van der Waals surface area contributed by atoms with Gasteiger partial charge in [0, 0.05) is 6.54 Å². The van der Waals surface area contributed by atoms with Crippen molar-refractivity contribution in [1.29, 1.82) is 0 Å². The zero-order chi connectivity index (χ0) is 14.4. The molecule has 1 aliphatic rings. The summed E-state index contributed by atoms with van der Waals surface area (Å²) in [5, 5.41) is 0. The highest BCUT2D eigenvalue weighted by Gasteiger charge is 2.35. The fraction of sp³-hybridized carbons (Fsp3) is 0.357. The number of ether oxygens (including phenoxy) is 1. The zero-order valence-corrected chi connectivity index (χ0v) is 10.9. The number of hydrogen-bond acceptors (Lipinski definition) is 3. The Labute approximate surface area is 116 Å². The van der Waals surface area contributed by atoms with E-state index in [1.165, 1.54) is 4.90 Å². The van der Waals surface area contributed by atoms with Gasteiger partial charge in [0.2, 0.25) is 0 Å². The van der Waals surface area contributed by atoms with Crippen molar-refractivity contribution in [3.05, 3.63) is 41.4 Å². The van der Waals surface area contributed by atoms with E-state index in [0.717, 1.165) is 18.2 Å². The van der Waals surface area contributed by atoms with E-state index >= 15 is 0 Å². The van der Waals surface area contributed by atoms with E-state index in [4.69, 9.17) is 10.3 Å². The highest BCUT2D eigenvalue weighted by Crippen LogP contribution is 2.19. The molecule has 20 heavy (non-hydrogen) atoms. The van der Waals surface area contributed by atoms with E-state index in [1.807, 2.05) is 30.3 Å². The van der Waals surface area contributed by atoms with Crippen molar-refractivity contribution in [3.63, 3.8) is 0 Å². The molecule has 104 valence electrons. The van der Waals surface area contributed by atoms with Crippen molar-refractivity contribution in [2.75, 3.05) is 6.54 Å². The minimum Gasteiger partial charge on any atom is -0.445 e. The average molecular weight is 273 g/mol. The molecule has 0 bridgehead atoms. The van der Waals surface area contributed by atoms with Crippen LogP contribution in [0.15, 0.2) is 30.3 Å². The van der Waals surface area contributed by atoms with Crippen LogP contribution in [-0.4, -0.2) is 40.4 Å². The van der Waals surface area contributed by atoms with Crippen molar-refractivity contribution in [1.82, 2.24) is 4.90 Å². The first-order valence-corrected chi connectivity index (χ1v) is 6.41. The Balaban J connectivity index is 1.94. The summed E-state index contributed by atoms with van der Waals surface area (Å²) in [6, 6.07) is 8.74. The number of amides is 1. The van der Waals surface area contributed by atoms with E-state index in [-0.39, 0.29) is 12.4 Å². The number of nitrogens with zero attached hydrogens (tertiary/aromatic N) is 3. The van der Waals surface area contributed by atoms with Gasteiger partial charge in [-0.3, -0.25) is 9.69 Å². The SMILES string of the molecule is [N-]=[N+]=CC(=O)[C@H]1CCCN1C(=O)OCc1ccccc1. The molecule has 0 spiro atoms. The quantitative estimate of drug-likeness (QED) is 0.475. The summed E-state index contributed by atoms with van der Waals surface area (Å²) in [5.41, 5.74) is 9.28. The Bertz CT molecular complexity index is 538. The molecule has 0 aromatic heterocycles. The zero-order valence-electron chi connectivity index (χ0n) is 10.9. The van der Waals surface area contributed by atoms with Crippen molar-refractivity contribution < 1.29 is 19.1 Å². The second kappa shape index (κ2) is 6.63. The summed E-state index contributed by atoms with van der Waals surface area (Å²) in [4.78, 5) is 27.8. The Morgan fingerprint density at radius 1 is 1.40 bits per heavy atom. The number of Topliss-reactive ketones (excluding diaryl/α,β-unsaturated/α-hetero) is 1. The standard InChI is InChI=1S/C14H15N3O3/c15-16-9-13(18)12-7-4-8-17(12)14(19)20-10-11-5-2-1-3-6-11/h1-3,5-6,9,12H,4,7-8,10H2/t12-/m1/s1.